The van der Waals surface area contributed by atoms with Crippen LogP contribution in [0.25, 0.3) is 11.1 Å². The van der Waals surface area contributed by atoms with Gasteiger partial charge in [0, 0.05) is 17.9 Å². The molecule has 2 aromatic carbocycles. The summed E-state index contributed by atoms with van der Waals surface area (Å²) in [6.45, 7) is 5.81. The molecule has 1 amide bonds. The molecule has 0 saturated carbocycles. The molecule has 1 aliphatic heterocycles. The molecular weight excluding hydrogens is 396 g/mol. The van der Waals surface area contributed by atoms with E-state index in [0.29, 0.717) is 6.42 Å². The van der Waals surface area contributed by atoms with Crippen LogP contribution in [0.15, 0.2) is 53.1 Å². The molecule has 0 aliphatic carbocycles. The van der Waals surface area contributed by atoms with Crippen LogP contribution in [0, 0.1) is 19.8 Å². The van der Waals surface area contributed by atoms with Gasteiger partial charge in [-0.05, 0) is 55.0 Å². The number of fused-ring (bicyclic) bond motifs is 1. The van der Waals surface area contributed by atoms with Crippen molar-refractivity contribution in [1.82, 2.24) is 5.16 Å². The summed E-state index contributed by atoms with van der Waals surface area (Å²) in [6, 6.07) is 15.8. The second kappa shape index (κ2) is 9.06. The summed E-state index contributed by atoms with van der Waals surface area (Å²) >= 11 is 0. The first kappa shape index (κ1) is 23.7. The van der Waals surface area contributed by atoms with E-state index >= 15 is 0 Å². The molecule has 3 aromatic rings. The fourth-order valence-electron chi connectivity index (χ4n) is 4.33. The Hall–Kier alpha value is -2.57. The van der Waals surface area contributed by atoms with Crippen molar-refractivity contribution < 1.29 is 14.4 Å². The number of carbonyl (C=O) groups is 1. The van der Waals surface area contributed by atoms with Gasteiger partial charge in [0.25, 0.3) is 0 Å². The number of carbonyl (C=O) groups excluding carboxylic acids is 1. The largest absolute Gasteiger partial charge is 0.396 e. The molecule has 160 valence electrons. The number of rotatable bonds is 5. The topological polar surface area (TPSA) is 75.4 Å². The van der Waals surface area contributed by atoms with E-state index in [1.165, 1.54) is 0 Å². The maximum atomic E-state index is 13.3. The molecule has 2 heterocycles. The number of amides is 1. The van der Waals surface area contributed by atoms with Gasteiger partial charge in [0.2, 0.25) is 5.91 Å². The van der Waals surface area contributed by atoms with Crippen molar-refractivity contribution in [3.63, 3.8) is 0 Å². The van der Waals surface area contributed by atoms with Crippen molar-refractivity contribution in [2.45, 2.75) is 40.0 Å². The minimum Gasteiger partial charge on any atom is -0.396 e. The maximum absolute atomic E-state index is 13.3. The SMILES string of the molecule is C.Cc1noc(C)c1-c1ccc2c(c1)C(C[C@@H](C)CO)(c1ccccc1)C(=O)N2.S. The van der Waals surface area contributed by atoms with E-state index in [0.717, 1.165) is 39.4 Å². The number of nitrogens with one attached hydrogen (secondary N) is 1. The number of aromatic nitrogens is 1. The molecule has 0 spiro atoms. The van der Waals surface area contributed by atoms with Crippen LogP contribution < -0.4 is 5.32 Å². The first-order chi connectivity index (χ1) is 13.5. The fraction of sp³-hybridized carbons (Fsp3) is 0.333. The molecule has 1 aromatic heterocycles. The van der Waals surface area contributed by atoms with Gasteiger partial charge in [0.1, 0.15) is 11.2 Å². The Bertz CT molecular complexity index is 1010. The maximum Gasteiger partial charge on any atom is 0.239 e. The van der Waals surface area contributed by atoms with Crippen molar-refractivity contribution >= 4 is 25.1 Å². The second-order valence-corrected chi connectivity index (χ2v) is 7.68. The number of hydrogen-bond donors (Lipinski definition) is 2. The number of nitrogens with zero attached hydrogens (tertiary/aromatic N) is 1. The Labute approximate surface area is 184 Å². The number of hydrogen-bond acceptors (Lipinski definition) is 4. The Morgan fingerprint density at radius 3 is 2.47 bits per heavy atom. The van der Waals surface area contributed by atoms with Gasteiger partial charge in [-0.1, -0.05) is 55.9 Å². The highest BCUT2D eigenvalue weighted by Gasteiger charge is 2.48. The van der Waals surface area contributed by atoms with Crippen LogP contribution >= 0.6 is 13.5 Å². The predicted octanol–water partition coefficient (Wildman–Crippen LogP) is 4.96. The molecule has 2 atom stereocenters. The molecular formula is C24H30N2O3S. The molecule has 30 heavy (non-hydrogen) atoms. The second-order valence-electron chi connectivity index (χ2n) is 7.68. The van der Waals surface area contributed by atoms with E-state index in [-0.39, 0.29) is 39.4 Å². The highest BCUT2D eigenvalue weighted by molar-refractivity contribution is 7.59. The molecule has 0 saturated heterocycles. The van der Waals surface area contributed by atoms with E-state index in [9.17, 15) is 9.90 Å². The molecule has 5 nitrogen and oxygen atoms in total. The van der Waals surface area contributed by atoms with E-state index in [1.807, 2.05) is 63.2 Å². The van der Waals surface area contributed by atoms with Gasteiger partial charge >= 0.3 is 0 Å². The molecule has 6 heteroatoms. The number of benzene rings is 2. The zero-order valence-corrected chi connectivity index (χ0v) is 17.8. The lowest BCUT2D eigenvalue weighted by Crippen LogP contribution is -2.38. The van der Waals surface area contributed by atoms with E-state index in [1.54, 1.807) is 0 Å². The Balaban J connectivity index is 0.00000160. The molecule has 0 fully saturated rings. The van der Waals surface area contributed by atoms with Crippen LogP contribution in [0.3, 0.4) is 0 Å². The standard InChI is InChI=1S/C23H24N2O3.CH4.H2S/c1-14(13-26)12-23(18-7-5-4-6-8-18)19-11-17(9-10-20(19)24-22(23)27)21-15(2)25-28-16(21)3;;/h4-11,14,26H,12-13H2,1-3H3,(H,24,27);1H4;1H2/t14-,23?;;/m1../s1. The lowest BCUT2D eigenvalue weighted by Gasteiger charge is -2.31. The third kappa shape index (κ3) is 3.66. The van der Waals surface area contributed by atoms with Gasteiger partial charge < -0.3 is 14.9 Å². The number of aliphatic hydroxyl groups excluding tert-OH is 1. The Morgan fingerprint density at radius 1 is 1.17 bits per heavy atom. The summed E-state index contributed by atoms with van der Waals surface area (Å²) in [4.78, 5) is 13.3. The van der Waals surface area contributed by atoms with Crippen LogP contribution in [-0.2, 0) is 10.2 Å². The van der Waals surface area contributed by atoms with Crippen LogP contribution in [0.4, 0.5) is 5.69 Å². The van der Waals surface area contributed by atoms with Crippen molar-refractivity contribution in [2.75, 3.05) is 11.9 Å². The average Bonchev–Trinajstić information content (AvgIpc) is 3.18. The highest BCUT2D eigenvalue weighted by atomic mass is 32.1. The summed E-state index contributed by atoms with van der Waals surface area (Å²) in [7, 11) is 0. The van der Waals surface area contributed by atoms with Crippen LogP contribution in [0.5, 0.6) is 0 Å². The first-order valence-electron chi connectivity index (χ1n) is 9.53. The smallest absolute Gasteiger partial charge is 0.239 e. The third-order valence-electron chi connectivity index (χ3n) is 5.67. The molecule has 0 bridgehead atoms. The number of anilines is 1. The molecule has 1 unspecified atom stereocenters. The van der Waals surface area contributed by atoms with E-state index < -0.39 is 5.41 Å². The van der Waals surface area contributed by atoms with Crippen molar-refractivity contribution in [3.05, 3.63) is 71.1 Å². The van der Waals surface area contributed by atoms with E-state index in [4.69, 9.17) is 4.52 Å². The lowest BCUT2D eigenvalue weighted by molar-refractivity contribution is -0.120. The van der Waals surface area contributed by atoms with Crippen molar-refractivity contribution in [3.8, 4) is 11.1 Å². The first-order valence-corrected chi connectivity index (χ1v) is 9.53. The van der Waals surface area contributed by atoms with Crippen LogP contribution in [0.1, 0.15) is 43.4 Å². The van der Waals surface area contributed by atoms with Crippen molar-refractivity contribution in [2.24, 2.45) is 5.92 Å². The summed E-state index contributed by atoms with van der Waals surface area (Å²) in [6.07, 6.45) is 0.525. The highest BCUT2D eigenvalue weighted by Crippen LogP contribution is 2.48. The molecule has 2 N–H and O–H groups in total. The van der Waals surface area contributed by atoms with Gasteiger partial charge in [0.05, 0.1) is 5.69 Å². The summed E-state index contributed by atoms with van der Waals surface area (Å²) in [5, 5.41) is 16.8. The van der Waals surface area contributed by atoms with Gasteiger partial charge in [0.15, 0.2) is 0 Å². The van der Waals surface area contributed by atoms with Gasteiger partial charge in [-0.2, -0.15) is 13.5 Å². The van der Waals surface area contributed by atoms with Crippen LogP contribution in [-0.4, -0.2) is 22.8 Å². The zero-order chi connectivity index (χ0) is 19.9. The zero-order valence-electron chi connectivity index (χ0n) is 16.8. The average molecular weight is 427 g/mol. The minimum atomic E-state index is -0.840. The molecule has 1 aliphatic rings. The predicted molar refractivity (Wildman–Crippen MR) is 125 cm³/mol. The number of aliphatic hydroxyl groups is 1. The summed E-state index contributed by atoms with van der Waals surface area (Å²) in [5.41, 5.74) is 4.60. The molecule has 4 rings (SSSR count). The number of aryl methyl sites for hydroxylation is 2. The quantitative estimate of drug-likeness (QED) is 0.604. The fourth-order valence-corrected chi connectivity index (χ4v) is 4.33. The summed E-state index contributed by atoms with van der Waals surface area (Å²) < 4.78 is 5.34. The Kier molecular flexibility index (Phi) is 7.16. The van der Waals surface area contributed by atoms with Gasteiger partial charge in [-0.25, -0.2) is 0 Å². The van der Waals surface area contributed by atoms with Crippen LogP contribution in [0.2, 0.25) is 0 Å². The monoisotopic (exact) mass is 426 g/mol. The Morgan fingerprint density at radius 2 is 1.87 bits per heavy atom. The van der Waals surface area contributed by atoms with Gasteiger partial charge in [-0.3, -0.25) is 4.79 Å². The van der Waals surface area contributed by atoms with Gasteiger partial charge in [-0.15, -0.1) is 0 Å². The van der Waals surface area contributed by atoms with Crippen molar-refractivity contribution in [1.29, 1.82) is 0 Å². The normalized spacial score (nSPS) is 18.1. The van der Waals surface area contributed by atoms with E-state index in [2.05, 4.69) is 16.5 Å². The minimum absolute atomic E-state index is 0. The lowest BCUT2D eigenvalue weighted by atomic mass is 9.69. The molecule has 0 radical (unpaired) electrons. The summed E-state index contributed by atoms with van der Waals surface area (Å²) in [5.74, 6) is 0.674. The third-order valence-corrected chi connectivity index (χ3v) is 5.67.